The number of amides is 1. The van der Waals surface area contributed by atoms with E-state index < -0.39 is 0 Å². The van der Waals surface area contributed by atoms with Gasteiger partial charge in [-0.3, -0.25) is 14.7 Å². The highest BCUT2D eigenvalue weighted by atomic mass is 16.5. The second kappa shape index (κ2) is 8.68. The molecule has 1 unspecified atom stereocenters. The zero-order valence-electron chi connectivity index (χ0n) is 14.4. The van der Waals surface area contributed by atoms with Gasteiger partial charge in [-0.15, -0.1) is 0 Å². The predicted molar refractivity (Wildman–Crippen MR) is 90.7 cm³/mol. The molecule has 3 rings (SSSR count). The summed E-state index contributed by atoms with van der Waals surface area (Å²) >= 11 is 0. The van der Waals surface area contributed by atoms with Crippen LogP contribution in [0.25, 0.3) is 11.4 Å². The van der Waals surface area contributed by atoms with E-state index in [0.717, 1.165) is 38.4 Å². The van der Waals surface area contributed by atoms with Gasteiger partial charge >= 0.3 is 0 Å². The number of hydrogen-bond donors (Lipinski definition) is 1. The van der Waals surface area contributed by atoms with Crippen LogP contribution in [0.2, 0.25) is 0 Å². The van der Waals surface area contributed by atoms with Crippen LogP contribution in [0.1, 0.15) is 19.2 Å². The second-order valence-electron chi connectivity index (χ2n) is 6.13. The smallest absolute Gasteiger partial charge is 0.227 e. The molecule has 0 bridgehead atoms. The Balaban J connectivity index is 1.42. The fraction of sp³-hybridized carbons (Fsp3) is 0.529. The zero-order valence-corrected chi connectivity index (χ0v) is 14.4. The van der Waals surface area contributed by atoms with Gasteiger partial charge in [-0.2, -0.15) is 4.98 Å². The molecule has 2 aromatic rings. The molecule has 0 aliphatic carbocycles. The number of morpholine rings is 1. The summed E-state index contributed by atoms with van der Waals surface area (Å²) in [5.74, 6) is 0.964. The summed E-state index contributed by atoms with van der Waals surface area (Å²) in [5, 5.41) is 6.95. The maximum Gasteiger partial charge on any atom is 0.227 e. The minimum atomic E-state index is -0.00980. The normalized spacial score (nSPS) is 16.5. The minimum absolute atomic E-state index is 0.00980. The number of hydrogen-bond acceptors (Lipinski definition) is 7. The van der Waals surface area contributed by atoms with Gasteiger partial charge in [0, 0.05) is 56.5 Å². The van der Waals surface area contributed by atoms with E-state index in [1.807, 2.05) is 19.1 Å². The van der Waals surface area contributed by atoms with E-state index in [4.69, 9.17) is 9.26 Å². The van der Waals surface area contributed by atoms with E-state index in [9.17, 15) is 4.79 Å². The maximum absolute atomic E-state index is 12.1. The molecule has 1 amide bonds. The molecule has 0 saturated carbocycles. The van der Waals surface area contributed by atoms with Crippen LogP contribution in [-0.2, 0) is 16.0 Å². The molecule has 1 saturated heterocycles. The molecule has 134 valence electrons. The average molecular weight is 345 g/mol. The number of nitrogens with one attached hydrogen (secondary N) is 1. The SMILES string of the molecule is CC(CN1CCOCC1)NC(=O)CCc1nc(-c2ccncc2)no1. The van der Waals surface area contributed by atoms with Gasteiger partial charge in [0.1, 0.15) is 0 Å². The number of nitrogens with zero attached hydrogens (tertiary/aromatic N) is 4. The largest absolute Gasteiger partial charge is 0.379 e. The molecule has 1 aliphatic rings. The van der Waals surface area contributed by atoms with E-state index in [0.29, 0.717) is 24.6 Å². The van der Waals surface area contributed by atoms with Crippen molar-refractivity contribution in [2.24, 2.45) is 0 Å². The van der Waals surface area contributed by atoms with Crippen LogP contribution < -0.4 is 5.32 Å². The van der Waals surface area contributed by atoms with Gasteiger partial charge in [0.15, 0.2) is 0 Å². The van der Waals surface area contributed by atoms with Crippen molar-refractivity contribution in [1.29, 1.82) is 0 Å². The molecule has 1 N–H and O–H groups in total. The third kappa shape index (κ3) is 5.33. The third-order valence-corrected chi connectivity index (χ3v) is 4.02. The van der Waals surface area contributed by atoms with Crippen LogP contribution in [0.15, 0.2) is 29.0 Å². The molecule has 1 fully saturated rings. The molecule has 1 atom stereocenters. The molecule has 3 heterocycles. The fourth-order valence-corrected chi connectivity index (χ4v) is 2.76. The summed E-state index contributed by atoms with van der Waals surface area (Å²) in [6.45, 7) is 6.21. The molecule has 8 nitrogen and oxygen atoms in total. The van der Waals surface area contributed by atoms with E-state index in [-0.39, 0.29) is 11.9 Å². The van der Waals surface area contributed by atoms with Crippen molar-refractivity contribution in [1.82, 2.24) is 25.3 Å². The van der Waals surface area contributed by atoms with Crippen LogP contribution in [0.5, 0.6) is 0 Å². The first-order valence-electron chi connectivity index (χ1n) is 8.53. The standard InChI is InChI=1S/C17H23N5O3/c1-13(12-22-8-10-24-11-9-22)19-15(23)2-3-16-20-17(21-25-16)14-4-6-18-7-5-14/h4-7,13H,2-3,8-12H2,1H3,(H,19,23). The number of aryl methyl sites for hydroxylation is 1. The van der Waals surface area contributed by atoms with E-state index >= 15 is 0 Å². The van der Waals surface area contributed by atoms with E-state index in [2.05, 4.69) is 25.3 Å². The number of aromatic nitrogens is 3. The zero-order chi connectivity index (χ0) is 17.5. The van der Waals surface area contributed by atoms with Crippen LogP contribution >= 0.6 is 0 Å². The molecular formula is C17H23N5O3. The van der Waals surface area contributed by atoms with Gasteiger partial charge < -0.3 is 14.6 Å². The lowest BCUT2D eigenvalue weighted by Gasteiger charge is -2.29. The molecule has 0 aromatic carbocycles. The minimum Gasteiger partial charge on any atom is -0.379 e. The van der Waals surface area contributed by atoms with Gasteiger partial charge in [-0.1, -0.05) is 5.16 Å². The van der Waals surface area contributed by atoms with Crippen LogP contribution in [-0.4, -0.2) is 64.8 Å². The topological polar surface area (TPSA) is 93.4 Å². The Morgan fingerprint density at radius 2 is 2.08 bits per heavy atom. The molecule has 25 heavy (non-hydrogen) atoms. The van der Waals surface area contributed by atoms with E-state index in [1.165, 1.54) is 0 Å². The molecular weight excluding hydrogens is 322 g/mol. The van der Waals surface area contributed by atoms with Crippen molar-refractivity contribution in [2.45, 2.75) is 25.8 Å². The first-order chi connectivity index (χ1) is 12.2. The number of carbonyl (C=O) groups is 1. The Morgan fingerprint density at radius 1 is 1.32 bits per heavy atom. The molecule has 0 spiro atoms. The lowest BCUT2D eigenvalue weighted by Crippen LogP contribution is -2.46. The average Bonchev–Trinajstić information content (AvgIpc) is 3.10. The Kier molecular flexibility index (Phi) is 6.08. The lowest BCUT2D eigenvalue weighted by molar-refractivity contribution is -0.121. The predicted octanol–water partition coefficient (Wildman–Crippen LogP) is 0.901. The van der Waals surface area contributed by atoms with Crippen molar-refractivity contribution in [3.8, 4) is 11.4 Å². The summed E-state index contributed by atoms with van der Waals surface area (Å²) in [7, 11) is 0. The molecule has 0 radical (unpaired) electrons. The van der Waals surface area contributed by atoms with Crippen molar-refractivity contribution >= 4 is 5.91 Å². The maximum atomic E-state index is 12.1. The first kappa shape index (κ1) is 17.5. The van der Waals surface area contributed by atoms with Crippen LogP contribution in [0.4, 0.5) is 0 Å². The molecule has 2 aromatic heterocycles. The first-order valence-corrected chi connectivity index (χ1v) is 8.53. The molecule has 8 heteroatoms. The Labute approximate surface area is 146 Å². The third-order valence-electron chi connectivity index (χ3n) is 4.02. The van der Waals surface area contributed by atoms with E-state index in [1.54, 1.807) is 12.4 Å². The highest BCUT2D eigenvalue weighted by Crippen LogP contribution is 2.14. The molecule has 1 aliphatic heterocycles. The quantitative estimate of drug-likeness (QED) is 0.797. The van der Waals surface area contributed by atoms with Gasteiger partial charge in [0.2, 0.25) is 17.6 Å². The van der Waals surface area contributed by atoms with Crippen molar-refractivity contribution < 1.29 is 14.1 Å². The van der Waals surface area contributed by atoms with Crippen LogP contribution in [0, 0.1) is 0 Å². The summed E-state index contributed by atoms with van der Waals surface area (Å²) in [4.78, 5) is 22.7. The number of ether oxygens (including phenoxy) is 1. The van der Waals surface area contributed by atoms with Gasteiger partial charge in [0.05, 0.1) is 13.2 Å². The van der Waals surface area contributed by atoms with Gasteiger partial charge in [-0.05, 0) is 19.1 Å². The Hall–Kier alpha value is -2.32. The second-order valence-corrected chi connectivity index (χ2v) is 6.13. The number of rotatable bonds is 7. The summed E-state index contributed by atoms with van der Waals surface area (Å²) in [6, 6.07) is 3.73. The lowest BCUT2D eigenvalue weighted by atomic mass is 10.2. The van der Waals surface area contributed by atoms with Crippen molar-refractivity contribution in [3.63, 3.8) is 0 Å². The van der Waals surface area contributed by atoms with Crippen LogP contribution in [0.3, 0.4) is 0 Å². The van der Waals surface area contributed by atoms with Gasteiger partial charge in [0.25, 0.3) is 0 Å². The highest BCUT2D eigenvalue weighted by Gasteiger charge is 2.16. The van der Waals surface area contributed by atoms with Crippen molar-refractivity contribution in [2.75, 3.05) is 32.8 Å². The number of pyridine rings is 1. The van der Waals surface area contributed by atoms with Crippen molar-refractivity contribution in [3.05, 3.63) is 30.4 Å². The van der Waals surface area contributed by atoms with Gasteiger partial charge in [-0.25, -0.2) is 0 Å². The fourth-order valence-electron chi connectivity index (χ4n) is 2.76. The monoisotopic (exact) mass is 345 g/mol. The Morgan fingerprint density at radius 3 is 2.84 bits per heavy atom. The summed E-state index contributed by atoms with van der Waals surface area (Å²) in [5.41, 5.74) is 0.841. The highest BCUT2D eigenvalue weighted by molar-refractivity contribution is 5.76. The summed E-state index contributed by atoms with van der Waals surface area (Å²) < 4.78 is 10.5. The summed E-state index contributed by atoms with van der Waals surface area (Å²) in [6.07, 6.45) is 4.10. The Bertz CT molecular complexity index is 670. The number of carbonyl (C=O) groups excluding carboxylic acids is 1.